The van der Waals surface area contributed by atoms with Gasteiger partial charge in [-0.3, -0.25) is 9.59 Å². The number of rotatable bonds is 5. The number of likely N-dealkylation sites (N-methyl/N-ethyl adjacent to an activating group) is 1. The van der Waals surface area contributed by atoms with Gasteiger partial charge in [0.2, 0.25) is 11.8 Å². The largest absolute Gasteiger partial charge is 0.486 e. The van der Waals surface area contributed by atoms with Gasteiger partial charge in [-0.15, -0.1) is 0 Å². The molecule has 0 unspecified atom stereocenters. The van der Waals surface area contributed by atoms with Gasteiger partial charge in [0.25, 0.3) is 0 Å². The summed E-state index contributed by atoms with van der Waals surface area (Å²) in [6.07, 6.45) is 7.36. The molecule has 1 saturated carbocycles. The van der Waals surface area contributed by atoms with Gasteiger partial charge in [0.1, 0.15) is 18.8 Å². The van der Waals surface area contributed by atoms with E-state index in [-0.39, 0.29) is 11.8 Å². The molecule has 1 aliphatic heterocycles. The number of carbonyl (C=O) groups is 2. The Bertz CT molecular complexity index is 742. The summed E-state index contributed by atoms with van der Waals surface area (Å²) in [7, 11) is 0. The van der Waals surface area contributed by atoms with Crippen LogP contribution >= 0.6 is 11.6 Å². The number of benzene rings is 1. The molecule has 0 saturated heterocycles. The molecule has 0 radical (unpaired) electrons. The first-order chi connectivity index (χ1) is 13.0. The predicted molar refractivity (Wildman–Crippen MR) is 104 cm³/mol. The SMILES string of the molecule is CCNC(=O)C1(NC(=O)C=Cc2cc(Cl)c3c(c2)OCCO3)CCCCC1. The zero-order valence-corrected chi connectivity index (χ0v) is 16.2. The molecule has 1 aliphatic carbocycles. The lowest BCUT2D eigenvalue weighted by Gasteiger charge is -2.36. The minimum atomic E-state index is -0.819. The van der Waals surface area contributed by atoms with E-state index in [1.165, 1.54) is 6.08 Å². The molecular weight excluding hydrogens is 368 g/mol. The average molecular weight is 393 g/mol. The number of halogens is 1. The number of hydrogen-bond acceptors (Lipinski definition) is 4. The fraction of sp³-hybridized carbons (Fsp3) is 0.500. The molecule has 0 spiro atoms. The van der Waals surface area contributed by atoms with Gasteiger partial charge in [0.05, 0.1) is 5.02 Å². The van der Waals surface area contributed by atoms with Crippen molar-refractivity contribution >= 4 is 29.5 Å². The summed E-state index contributed by atoms with van der Waals surface area (Å²) in [5.41, 5.74) is -0.0877. The number of carbonyl (C=O) groups excluding carboxylic acids is 2. The van der Waals surface area contributed by atoms with Gasteiger partial charge < -0.3 is 20.1 Å². The maximum absolute atomic E-state index is 12.5. The number of ether oxygens (including phenoxy) is 2. The van der Waals surface area contributed by atoms with Crippen LogP contribution in [0.1, 0.15) is 44.6 Å². The summed E-state index contributed by atoms with van der Waals surface area (Å²) in [6, 6.07) is 3.50. The van der Waals surface area contributed by atoms with Crippen molar-refractivity contribution in [3.05, 3.63) is 28.8 Å². The molecule has 0 atom stereocenters. The molecule has 2 aliphatic rings. The van der Waals surface area contributed by atoms with Crippen LogP contribution in [0.2, 0.25) is 5.02 Å². The Kier molecular flexibility index (Phi) is 6.26. The van der Waals surface area contributed by atoms with E-state index >= 15 is 0 Å². The predicted octanol–water partition coefficient (Wildman–Crippen LogP) is 3.08. The third kappa shape index (κ3) is 4.56. The second kappa shape index (κ2) is 8.65. The lowest BCUT2D eigenvalue weighted by molar-refractivity contribution is -0.133. The second-order valence-electron chi connectivity index (χ2n) is 6.85. The standard InChI is InChI=1S/C20H25ClN2O4/c1-2-22-19(25)20(8-4-3-5-9-20)23-17(24)7-6-14-12-15(21)18-16(13-14)26-10-11-27-18/h6-7,12-13H,2-5,8-11H2,1H3,(H,22,25)(H,23,24). The van der Waals surface area contributed by atoms with Gasteiger partial charge in [-0.2, -0.15) is 0 Å². The van der Waals surface area contributed by atoms with Crippen LogP contribution in [0.15, 0.2) is 18.2 Å². The highest BCUT2D eigenvalue weighted by molar-refractivity contribution is 6.32. The Morgan fingerprint density at radius 3 is 2.67 bits per heavy atom. The van der Waals surface area contributed by atoms with E-state index in [4.69, 9.17) is 21.1 Å². The minimum Gasteiger partial charge on any atom is -0.486 e. The van der Waals surface area contributed by atoms with Gasteiger partial charge in [-0.25, -0.2) is 0 Å². The molecule has 2 amide bonds. The molecule has 1 heterocycles. The smallest absolute Gasteiger partial charge is 0.245 e. The molecule has 146 valence electrons. The van der Waals surface area contributed by atoms with E-state index in [0.717, 1.165) is 24.8 Å². The van der Waals surface area contributed by atoms with Crippen LogP contribution in [0, 0.1) is 0 Å². The summed E-state index contributed by atoms with van der Waals surface area (Å²) in [6.45, 7) is 3.35. The van der Waals surface area contributed by atoms with Crippen LogP contribution in [-0.4, -0.2) is 37.1 Å². The normalized spacial score (nSPS) is 18.1. The first-order valence-corrected chi connectivity index (χ1v) is 9.79. The lowest BCUT2D eigenvalue weighted by Crippen LogP contribution is -2.59. The topological polar surface area (TPSA) is 76.7 Å². The Labute approximate surface area is 164 Å². The number of amides is 2. The zero-order valence-electron chi connectivity index (χ0n) is 15.5. The van der Waals surface area contributed by atoms with Crippen molar-refractivity contribution in [2.45, 2.75) is 44.6 Å². The molecule has 3 rings (SSSR count). The van der Waals surface area contributed by atoms with Crippen LogP contribution in [0.25, 0.3) is 6.08 Å². The fourth-order valence-electron chi connectivity index (χ4n) is 3.57. The summed E-state index contributed by atoms with van der Waals surface area (Å²) in [5, 5.41) is 6.23. The molecule has 6 nitrogen and oxygen atoms in total. The summed E-state index contributed by atoms with van der Waals surface area (Å²) < 4.78 is 11.0. The van der Waals surface area contributed by atoms with E-state index in [1.807, 2.05) is 6.92 Å². The Balaban J connectivity index is 1.72. The molecule has 2 N–H and O–H groups in total. The van der Waals surface area contributed by atoms with E-state index in [0.29, 0.717) is 49.1 Å². The highest BCUT2D eigenvalue weighted by atomic mass is 35.5. The molecule has 27 heavy (non-hydrogen) atoms. The third-order valence-corrected chi connectivity index (χ3v) is 5.17. The Hall–Kier alpha value is -2.21. The van der Waals surface area contributed by atoms with Crippen molar-refractivity contribution in [2.24, 2.45) is 0 Å². The summed E-state index contributed by atoms with van der Waals surface area (Å²) in [4.78, 5) is 25.0. The van der Waals surface area contributed by atoms with Crippen LogP contribution in [0.3, 0.4) is 0 Å². The first-order valence-electron chi connectivity index (χ1n) is 9.42. The van der Waals surface area contributed by atoms with E-state index < -0.39 is 5.54 Å². The molecule has 0 aromatic heterocycles. The van der Waals surface area contributed by atoms with Gasteiger partial charge in [-0.1, -0.05) is 30.9 Å². The second-order valence-corrected chi connectivity index (χ2v) is 7.26. The van der Waals surface area contributed by atoms with Crippen LogP contribution in [0.4, 0.5) is 0 Å². The van der Waals surface area contributed by atoms with Gasteiger partial charge in [-0.05, 0) is 43.5 Å². The van der Waals surface area contributed by atoms with E-state index in [2.05, 4.69) is 10.6 Å². The molecule has 0 bridgehead atoms. The monoisotopic (exact) mass is 392 g/mol. The quantitative estimate of drug-likeness (QED) is 0.755. The van der Waals surface area contributed by atoms with Crippen LogP contribution in [0.5, 0.6) is 11.5 Å². The fourth-order valence-corrected chi connectivity index (χ4v) is 3.84. The summed E-state index contributed by atoms with van der Waals surface area (Å²) in [5.74, 6) is 0.699. The number of nitrogens with one attached hydrogen (secondary N) is 2. The van der Waals surface area contributed by atoms with E-state index in [1.54, 1.807) is 18.2 Å². The lowest BCUT2D eigenvalue weighted by atomic mass is 9.80. The first kappa shape index (κ1) is 19.5. The Morgan fingerprint density at radius 1 is 1.19 bits per heavy atom. The Morgan fingerprint density at radius 2 is 1.93 bits per heavy atom. The third-order valence-electron chi connectivity index (χ3n) is 4.89. The average Bonchev–Trinajstić information content (AvgIpc) is 2.67. The van der Waals surface area contributed by atoms with Crippen molar-refractivity contribution in [1.29, 1.82) is 0 Å². The van der Waals surface area contributed by atoms with Gasteiger partial charge >= 0.3 is 0 Å². The van der Waals surface area contributed by atoms with Crippen molar-refractivity contribution in [3.63, 3.8) is 0 Å². The van der Waals surface area contributed by atoms with Gasteiger partial charge in [0, 0.05) is 12.6 Å². The van der Waals surface area contributed by atoms with Crippen molar-refractivity contribution < 1.29 is 19.1 Å². The van der Waals surface area contributed by atoms with Crippen molar-refractivity contribution in [2.75, 3.05) is 19.8 Å². The van der Waals surface area contributed by atoms with Gasteiger partial charge in [0.15, 0.2) is 11.5 Å². The zero-order chi connectivity index (χ0) is 19.3. The number of fused-ring (bicyclic) bond motifs is 1. The molecule has 1 fully saturated rings. The summed E-state index contributed by atoms with van der Waals surface area (Å²) >= 11 is 6.22. The highest BCUT2D eigenvalue weighted by Crippen LogP contribution is 2.38. The van der Waals surface area contributed by atoms with E-state index in [9.17, 15) is 9.59 Å². The molecule has 7 heteroatoms. The highest BCUT2D eigenvalue weighted by Gasteiger charge is 2.40. The maximum Gasteiger partial charge on any atom is 0.245 e. The van der Waals surface area contributed by atoms with Crippen LogP contribution < -0.4 is 20.1 Å². The molecule has 1 aromatic rings. The number of hydrogen-bond donors (Lipinski definition) is 2. The minimum absolute atomic E-state index is 0.103. The van der Waals surface area contributed by atoms with Crippen molar-refractivity contribution in [3.8, 4) is 11.5 Å². The van der Waals surface area contributed by atoms with Crippen molar-refractivity contribution in [1.82, 2.24) is 10.6 Å². The molecule has 1 aromatic carbocycles. The molecular formula is C20H25ClN2O4. The van der Waals surface area contributed by atoms with Crippen LogP contribution in [-0.2, 0) is 9.59 Å². The maximum atomic E-state index is 12.5.